The summed E-state index contributed by atoms with van der Waals surface area (Å²) < 4.78 is 5.40. The standard InChI is InChI=1S/C15H22ClNO3/c1-5-15(3,4)17-14(19)9-20-13-7-6-11(10(2)18)8-12(13)16/h6-8,10,18H,5,9H2,1-4H3,(H,17,19)/t10-/m0/s1. The quantitative estimate of drug-likeness (QED) is 0.848. The smallest absolute Gasteiger partial charge is 0.258 e. The topological polar surface area (TPSA) is 58.6 Å². The molecule has 0 aromatic heterocycles. The number of carbonyl (C=O) groups is 1. The largest absolute Gasteiger partial charge is 0.482 e. The van der Waals surface area contributed by atoms with Gasteiger partial charge in [-0.2, -0.15) is 0 Å². The van der Waals surface area contributed by atoms with Gasteiger partial charge >= 0.3 is 0 Å². The molecule has 0 radical (unpaired) electrons. The van der Waals surface area contributed by atoms with Crippen molar-refractivity contribution in [3.8, 4) is 5.75 Å². The third kappa shape index (κ3) is 5.02. The SMILES string of the molecule is CCC(C)(C)NC(=O)COc1ccc([C@H](C)O)cc1Cl. The van der Waals surface area contributed by atoms with Gasteiger partial charge in [0.1, 0.15) is 5.75 Å². The molecule has 1 rings (SSSR count). The third-order valence-corrected chi connectivity index (χ3v) is 3.45. The van der Waals surface area contributed by atoms with Gasteiger partial charge in [0.05, 0.1) is 11.1 Å². The Balaban J connectivity index is 2.60. The monoisotopic (exact) mass is 299 g/mol. The summed E-state index contributed by atoms with van der Waals surface area (Å²) in [5.74, 6) is 0.244. The van der Waals surface area contributed by atoms with Crippen molar-refractivity contribution in [2.75, 3.05) is 6.61 Å². The fourth-order valence-electron chi connectivity index (χ4n) is 1.54. The summed E-state index contributed by atoms with van der Waals surface area (Å²) in [7, 11) is 0. The molecule has 112 valence electrons. The molecule has 4 nitrogen and oxygen atoms in total. The highest BCUT2D eigenvalue weighted by Gasteiger charge is 2.18. The van der Waals surface area contributed by atoms with E-state index in [1.807, 2.05) is 20.8 Å². The molecule has 20 heavy (non-hydrogen) atoms. The van der Waals surface area contributed by atoms with Crippen molar-refractivity contribution in [2.24, 2.45) is 0 Å². The van der Waals surface area contributed by atoms with Crippen molar-refractivity contribution >= 4 is 17.5 Å². The Morgan fingerprint density at radius 2 is 2.15 bits per heavy atom. The lowest BCUT2D eigenvalue weighted by Crippen LogP contribution is -2.44. The number of halogens is 1. The molecule has 0 fully saturated rings. The maximum Gasteiger partial charge on any atom is 0.258 e. The van der Waals surface area contributed by atoms with E-state index >= 15 is 0 Å². The molecule has 1 atom stereocenters. The molecule has 1 amide bonds. The number of hydrogen-bond donors (Lipinski definition) is 2. The molecule has 0 spiro atoms. The van der Waals surface area contributed by atoms with Crippen molar-refractivity contribution in [3.05, 3.63) is 28.8 Å². The molecule has 5 heteroatoms. The predicted molar refractivity (Wildman–Crippen MR) is 80.1 cm³/mol. The van der Waals surface area contributed by atoms with Crippen LogP contribution >= 0.6 is 11.6 Å². The zero-order chi connectivity index (χ0) is 15.3. The molecule has 1 aromatic carbocycles. The first-order valence-electron chi connectivity index (χ1n) is 6.66. The highest BCUT2D eigenvalue weighted by Crippen LogP contribution is 2.27. The first kappa shape index (κ1) is 16.8. The average Bonchev–Trinajstić information content (AvgIpc) is 2.36. The molecule has 0 bridgehead atoms. The first-order chi connectivity index (χ1) is 9.25. The van der Waals surface area contributed by atoms with Gasteiger partial charge in [-0.3, -0.25) is 4.79 Å². The summed E-state index contributed by atoms with van der Waals surface area (Å²) in [5, 5.41) is 12.7. The van der Waals surface area contributed by atoms with Gasteiger partial charge in [0.15, 0.2) is 6.61 Å². The molecule has 0 aliphatic heterocycles. The number of ether oxygens (including phenoxy) is 1. The van der Waals surface area contributed by atoms with Crippen LogP contribution in [0.2, 0.25) is 5.02 Å². The Hall–Kier alpha value is -1.26. The molecule has 0 aliphatic rings. The molecular weight excluding hydrogens is 278 g/mol. The maximum absolute atomic E-state index is 11.8. The first-order valence-corrected chi connectivity index (χ1v) is 7.04. The van der Waals surface area contributed by atoms with E-state index in [1.54, 1.807) is 25.1 Å². The average molecular weight is 300 g/mol. The van der Waals surface area contributed by atoms with Crippen LogP contribution in [0.4, 0.5) is 0 Å². The molecule has 0 heterocycles. The fraction of sp³-hybridized carbons (Fsp3) is 0.533. The number of aliphatic hydroxyl groups is 1. The van der Waals surface area contributed by atoms with E-state index in [1.165, 1.54) is 0 Å². The van der Waals surface area contributed by atoms with Crippen LogP contribution in [-0.4, -0.2) is 23.2 Å². The number of rotatable bonds is 6. The maximum atomic E-state index is 11.8. The second-order valence-corrected chi connectivity index (χ2v) is 5.85. The zero-order valence-electron chi connectivity index (χ0n) is 12.4. The van der Waals surface area contributed by atoms with Gasteiger partial charge in [0, 0.05) is 5.54 Å². The van der Waals surface area contributed by atoms with Crippen LogP contribution in [0.1, 0.15) is 45.8 Å². The van der Waals surface area contributed by atoms with Crippen LogP contribution < -0.4 is 10.1 Å². The second-order valence-electron chi connectivity index (χ2n) is 5.44. The second kappa shape index (κ2) is 6.95. The number of nitrogens with one attached hydrogen (secondary N) is 1. The number of amides is 1. The zero-order valence-corrected chi connectivity index (χ0v) is 13.1. The lowest BCUT2D eigenvalue weighted by molar-refractivity contribution is -0.124. The van der Waals surface area contributed by atoms with Gasteiger partial charge in [0.25, 0.3) is 5.91 Å². The van der Waals surface area contributed by atoms with Crippen LogP contribution in [0, 0.1) is 0 Å². The van der Waals surface area contributed by atoms with E-state index in [0.29, 0.717) is 16.3 Å². The Bertz CT molecular complexity index is 472. The number of aliphatic hydroxyl groups excluding tert-OH is 1. The van der Waals surface area contributed by atoms with Crippen molar-refractivity contribution in [1.29, 1.82) is 0 Å². The molecule has 0 aliphatic carbocycles. The minimum absolute atomic E-state index is 0.0861. The molecule has 0 saturated heterocycles. The van der Waals surface area contributed by atoms with Crippen LogP contribution in [0.25, 0.3) is 0 Å². The summed E-state index contributed by atoms with van der Waals surface area (Å²) in [6.45, 7) is 7.49. The number of hydrogen-bond acceptors (Lipinski definition) is 3. The third-order valence-electron chi connectivity index (χ3n) is 3.16. The molecular formula is C15H22ClNO3. The minimum atomic E-state index is -0.588. The van der Waals surface area contributed by atoms with Crippen LogP contribution in [0.15, 0.2) is 18.2 Å². The van der Waals surface area contributed by atoms with Crippen molar-refractivity contribution in [1.82, 2.24) is 5.32 Å². The van der Waals surface area contributed by atoms with Gasteiger partial charge in [-0.1, -0.05) is 24.6 Å². The van der Waals surface area contributed by atoms with Crippen molar-refractivity contribution in [3.63, 3.8) is 0 Å². The van der Waals surface area contributed by atoms with Gasteiger partial charge in [-0.15, -0.1) is 0 Å². The Morgan fingerprint density at radius 1 is 1.50 bits per heavy atom. The van der Waals surface area contributed by atoms with E-state index in [9.17, 15) is 9.90 Å². The summed E-state index contributed by atoms with van der Waals surface area (Å²) in [4.78, 5) is 11.8. The van der Waals surface area contributed by atoms with Crippen molar-refractivity contribution in [2.45, 2.75) is 45.8 Å². The van der Waals surface area contributed by atoms with Crippen LogP contribution in [0.5, 0.6) is 5.75 Å². The predicted octanol–water partition coefficient (Wildman–Crippen LogP) is 3.08. The minimum Gasteiger partial charge on any atom is -0.482 e. The molecule has 1 aromatic rings. The van der Waals surface area contributed by atoms with E-state index < -0.39 is 6.10 Å². The molecule has 2 N–H and O–H groups in total. The van der Waals surface area contributed by atoms with Gasteiger partial charge < -0.3 is 15.2 Å². The van der Waals surface area contributed by atoms with E-state index in [2.05, 4.69) is 5.32 Å². The molecule has 0 saturated carbocycles. The van der Waals surface area contributed by atoms with Crippen LogP contribution in [0.3, 0.4) is 0 Å². The summed E-state index contributed by atoms with van der Waals surface area (Å²) in [6, 6.07) is 5.01. The van der Waals surface area contributed by atoms with Crippen molar-refractivity contribution < 1.29 is 14.6 Å². The highest BCUT2D eigenvalue weighted by molar-refractivity contribution is 6.32. The van der Waals surface area contributed by atoms with Gasteiger partial charge in [-0.25, -0.2) is 0 Å². The number of carbonyl (C=O) groups excluding carboxylic acids is 1. The fourth-order valence-corrected chi connectivity index (χ4v) is 1.78. The highest BCUT2D eigenvalue weighted by atomic mass is 35.5. The Morgan fingerprint density at radius 3 is 2.65 bits per heavy atom. The van der Waals surface area contributed by atoms with Crippen LogP contribution in [-0.2, 0) is 4.79 Å². The van der Waals surface area contributed by atoms with E-state index in [4.69, 9.17) is 16.3 Å². The summed E-state index contributed by atoms with van der Waals surface area (Å²) >= 11 is 6.05. The van der Waals surface area contributed by atoms with E-state index in [0.717, 1.165) is 6.42 Å². The van der Waals surface area contributed by atoms with E-state index in [-0.39, 0.29) is 18.1 Å². The summed E-state index contributed by atoms with van der Waals surface area (Å²) in [6.07, 6.45) is 0.248. The Kier molecular flexibility index (Phi) is 5.84. The van der Waals surface area contributed by atoms with Gasteiger partial charge in [0.2, 0.25) is 0 Å². The Labute approximate surface area is 125 Å². The number of benzene rings is 1. The summed E-state index contributed by atoms with van der Waals surface area (Å²) in [5.41, 5.74) is 0.458. The van der Waals surface area contributed by atoms with Gasteiger partial charge in [-0.05, 0) is 44.9 Å². The molecule has 0 unspecified atom stereocenters. The lowest BCUT2D eigenvalue weighted by atomic mass is 10.0. The lowest BCUT2D eigenvalue weighted by Gasteiger charge is -2.24. The normalized spacial score (nSPS) is 12.9.